The summed E-state index contributed by atoms with van der Waals surface area (Å²) in [5.74, 6) is -0.509. The number of para-hydroxylation sites is 1. The molecule has 0 spiro atoms. The number of carbonyl (C=O) groups excluding carboxylic acids is 1. The highest BCUT2D eigenvalue weighted by Gasteiger charge is 2.19. The number of nitrogens with zero attached hydrogens (tertiary/aromatic N) is 2. The lowest BCUT2D eigenvalue weighted by Gasteiger charge is -2.07. The van der Waals surface area contributed by atoms with Crippen LogP contribution in [0.3, 0.4) is 0 Å². The van der Waals surface area contributed by atoms with E-state index in [0.717, 1.165) is 0 Å². The lowest BCUT2D eigenvalue weighted by molar-refractivity contribution is 0.102. The first-order valence-electron chi connectivity index (χ1n) is 8.78. The predicted octanol–water partition coefficient (Wildman–Crippen LogP) is 1.27. The third kappa shape index (κ3) is 3.08. The fraction of sp³-hybridized carbons (Fsp3) is 0.100. The van der Waals surface area contributed by atoms with E-state index in [2.05, 4.69) is 15.3 Å². The topological polar surface area (TPSA) is 122 Å². The molecule has 2 aromatic heterocycles. The van der Waals surface area contributed by atoms with Crippen LogP contribution >= 0.6 is 0 Å². The van der Waals surface area contributed by atoms with Crippen molar-refractivity contribution in [2.75, 3.05) is 5.32 Å². The number of anilines is 1. The van der Waals surface area contributed by atoms with Crippen molar-refractivity contribution in [3.05, 3.63) is 90.8 Å². The smallest absolute Gasteiger partial charge is 0.314 e. The van der Waals surface area contributed by atoms with Crippen molar-refractivity contribution in [3.63, 3.8) is 0 Å². The minimum absolute atomic E-state index is 0.163. The van der Waals surface area contributed by atoms with Gasteiger partial charge >= 0.3 is 11.1 Å². The van der Waals surface area contributed by atoms with Gasteiger partial charge in [-0.1, -0.05) is 18.2 Å². The van der Waals surface area contributed by atoms with Crippen LogP contribution in [0.15, 0.2) is 62.9 Å². The number of amides is 1. The standard InChI is InChI=1S/C20H17N5O4/c1-11-16(20(29)25(24(11)2)13-6-4-3-5-7-13)23-17(26)12-8-9-14-15(10-12)22-19(28)18(27)21-14/h3-10H,1-2H3,(H,21,27)(H,22,28)(H,23,26). The summed E-state index contributed by atoms with van der Waals surface area (Å²) in [6.07, 6.45) is 0. The highest BCUT2D eigenvalue weighted by atomic mass is 16.2. The van der Waals surface area contributed by atoms with E-state index in [1.807, 2.05) is 18.2 Å². The van der Waals surface area contributed by atoms with Gasteiger partial charge < -0.3 is 15.3 Å². The summed E-state index contributed by atoms with van der Waals surface area (Å²) in [5.41, 5.74) is 0.438. The van der Waals surface area contributed by atoms with Crippen molar-refractivity contribution < 1.29 is 4.79 Å². The molecule has 0 atom stereocenters. The van der Waals surface area contributed by atoms with Crippen molar-refractivity contribution >= 4 is 22.6 Å². The second-order valence-electron chi connectivity index (χ2n) is 6.56. The average molecular weight is 391 g/mol. The molecule has 0 aliphatic rings. The van der Waals surface area contributed by atoms with Gasteiger partial charge in [-0.2, -0.15) is 0 Å². The molecule has 0 aliphatic heterocycles. The lowest BCUT2D eigenvalue weighted by Crippen LogP contribution is -2.29. The molecule has 9 heteroatoms. The number of hydrogen-bond donors (Lipinski definition) is 3. The molecule has 0 aliphatic carbocycles. The molecule has 0 saturated heterocycles. The first-order chi connectivity index (χ1) is 13.9. The Morgan fingerprint density at radius 2 is 1.59 bits per heavy atom. The molecular formula is C20H17N5O4. The van der Waals surface area contributed by atoms with Gasteiger partial charge in [-0.3, -0.25) is 23.9 Å². The molecule has 0 bridgehead atoms. The second-order valence-corrected chi connectivity index (χ2v) is 6.56. The van der Waals surface area contributed by atoms with E-state index in [1.54, 1.807) is 30.8 Å². The van der Waals surface area contributed by atoms with Crippen LogP contribution in [0.2, 0.25) is 0 Å². The molecule has 9 nitrogen and oxygen atoms in total. The van der Waals surface area contributed by atoms with Gasteiger partial charge in [-0.15, -0.1) is 0 Å². The van der Waals surface area contributed by atoms with Crippen LogP contribution in [0.4, 0.5) is 5.69 Å². The monoisotopic (exact) mass is 391 g/mol. The molecule has 4 rings (SSSR count). The van der Waals surface area contributed by atoms with Gasteiger partial charge in [0, 0.05) is 12.6 Å². The number of rotatable bonds is 3. The zero-order valence-corrected chi connectivity index (χ0v) is 15.6. The lowest BCUT2D eigenvalue weighted by atomic mass is 10.1. The fourth-order valence-electron chi connectivity index (χ4n) is 3.15. The number of H-pyrrole nitrogens is 2. The van der Waals surface area contributed by atoms with Crippen LogP contribution in [0.25, 0.3) is 16.7 Å². The van der Waals surface area contributed by atoms with E-state index >= 15 is 0 Å². The van der Waals surface area contributed by atoms with Gasteiger partial charge in [0.15, 0.2) is 0 Å². The number of aromatic nitrogens is 4. The first-order valence-corrected chi connectivity index (χ1v) is 8.78. The number of nitrogens with one attached hydrogen (secondary N) is 3. The Kier molecular flexibility index (Phi) is 4.27. The Labute approximate surface area is 163 Å². The second kappa shape index (κ2) is 6.79. The Balaban J connectivity index is 1.73. The number of fused-ring (bicyclic) bond motifs is 1. The molecular weight excluding hydrogens is 374 g/mol. The molecule has 2 aromatic carbocycles. The summed E-state index contributed by atoms with van der Waals surface area (Å²) in [5, 5.41) is 2.66. The maximum Gasteiger partial charge on any atom is 0.314 e. The minimum atomic E-state index is -0.806. The van der Waals surface area contributed by atoms with Crippen LogP contribution in [-0.4, -0.2) is 25.2 Å². The van der Waals surface area contributed by atoms with E-state index in [4.69, 9.17) is 0 Å². The zero-order chi connectivity index (χ0) is 20.7. The van der Waals surface area contributed by atoms with Crippen LogP contribution in [-0.2, 0) is 7.05 Å². The molecule has 146 valence electrons. The van der Waals surface area contributed by atoms with Crippen molar-refractivity contribution in [1.29, 1.82) is 0 Å². The Bertz CT molecular complexity index is 1420. The summed E-state index contributed by atoms with van der Waals surface area (Å²) in [4.78, 5) is 53.4. The fourth-order valence-corrected chi connectivity index (χ4v) is 3.15. The van der Waals surface area contributed by atoms with E-state index in [0.29, 0.717) is 22.4 Å². The van der Waals surface area contributed by atoms with Crippen molar-refractivity contribution in [2.24, 2.45) is 7.05 Å². The Morgan fingerprint density at radius 1 is 0.931 bits per heavy atom. The summed E-state index contributed by atoms with van der Waals surface area (Å²) in [7, 11) is 1.73. The summed E-state index contributed by atoms with van der Waals surface area (Å²) >= 11 is 0. The maximum atomic E-state index is 12.9. The Morgan fingerprint density at radius 3 is 2.28 bits per heavy atom. The molecule has 0 unspecified atom stereocenters. The van der Waals surface area contributed by atoms with Crippen molar-refractivity contribution in [2.45, 2.75) is 6.92 Å². The van der Waals surface area contributed by atoms with Gasteiger partial charge in [0.1, 0.15) is 5.69 Å². The van der Waals surface area contributed by atoms with Crippen LogP contribution in [0, 0.1) is 6.92 Å². The van der Waals surface area contributed by atoms with Gasteiger partial charge in [0.25, 0.3) is 11.5 Å². The molecule has 0 saturated carbocycles. The SMILES string of the molecule is Cc1c(NC(=O)c2ccc3[nH]c(=O)c(=O)[nH]c3c2)c(=O)n(-c2ccccc2)n1C. The van der Waals surface area contributed by atoms with Gasteiger partial charge in [0.2, 0.25) is 0 Å². The van der Waals surface area contributed by atoms with Crippen LogP contribution in [0.5, 0.6) is 0 Å². The molecule has 0 radical (unpaired) electrons. The van der Waals surface area contributed by atoms with E-state index in [-0.39, 0.29) is 16.8 Å². The van der Waals surface area contributed by atoms with Crippen LogP contribution < -0.4 is 22.0 Å². The summed E-state index contributed by atoms with van der Waals surface area (Å²) < 4.78 is 3.13. The number of carbonyl (C=O) groups is 1. The molecule has 0 fully saturated rings. The number of aromatic amines is 2. The minimum Gasteiger partial charge on any atom is -0.316 e. The Hall–Kier alpha value is -4.14. The molecule has 3 N–H and O–H groups in total. The predicted molar refractivity (Wildman–Crippen MR) is 109 cm³/mol. The molecule has 4 aromatic rings. The first kappa shape index (κ1) is 18.2. The molecule has 29 heavy (non-hydrogen) atoms. The highest BCUT2D eigenvalue weighted by molar-refractivity contribution is 6.06. The third-order valence-corrected chi connectivity index (χ3v) is 4.78. The largest absolute Gasteiger partial charge is 0.316 e. The molecule has 2 heterocycles. The van der Waals surface area contributed by atoms with Crippen molar-refractivity contribution in [1.82, 2.24) is 19.3 Å². The molecule has 1 amide bonds. The van der Waals surface area contributed by atoms with Crippen LogP contribution in [0.1, 0.15) is 16.1 Å². The quantitative estimate of drug-likeness (QED) is 0.455. The normalized spacial score (nSPS) is 11.0. The van der Waals surface area contributed by atoms with E-state index in [1.165, 1.54) is 22.9 Å². The number of hydrogen-bond acceptors (Lipinski definition) is 4. The van der Waals surface area contributed by atoms with E-state index in [9.17, 15) is 19.2 Å². The van der Waals surface area contributed by atoms with Gasteiger partial charge in [-0.25, -0.2) is 4.68 Å². The van der Waals surface area contributed by atoms with E-state index < -0.39 is 17.0 Å². The van der Waals surface area contributed by atoms with Gasteiger partial charge in [-0.05, 0) is 37.3 Å². The summed E-state index contributed by atoms with van der Waals surface area (Å²) in [6.45, 7) is 1.74. The maximum absolute atomic E-state index is 12.9. The average Bonchev–Trinajstić information content (AvgIpc) is 2.92. The highest BCUT2D eigenvalue weighted by Crippen LogP contribution is 2.16. The zero-order valence-electron chi connectivity index (χ0n) is 15.6. The van der Waals surface area contributed by atoms with Gasteiger partial charge in [0.05, 0.1) is 22.4 Å². The number of benzene rings is 2. The third-order valence-electron chi connectivity index (χ3n) is 4.78. The van der Waals surface area contributed by atoms with Crippen molar-refractivity contribution in [3.8, 4) is 5.69 Å². The summed E-state index contributed by atoms with van der Waals surface area (Å²) in [6, 6.07) is 13.5.